The van der Waals surface area contributed by atoms with Crippen molar-refractivity contribution in [1.29, 1.82) is 0 Å². The molecule has 1 aromatic rings. The molecule has 1 aliphatic carbocycles. The lowest BCUT2D eigenvalue weighted by Crippen LogP contribution is -2.76. The highest BCUT2D eigenvalue weighted by Crippen LogP contribution is 2.52. The predicted octanol–water partition coefficient (Wildman–Crippen LogP) is 1.22. The summed E-state index contributed by atoms with van der Waals surface area (Å²) in [6.45, 7) is 10.3. The molecule has 0 aliphatic heterocycles. The van der Waals surface area contributed by atoms with Crippen LogP contribution in [0.1, 0.15) is 43.7 Å². The van der Waals surface area contributed by atoms with E-state index in [0.717, 1.165) is 5.69 Å². The molecule has 0 aromatic carbocycles. The fourth-order valence-corrected chi connectivity index (χ4v) is 3.48. The predicted molar refractivity (Wildman–Crippen MR) is 74.7 cm³/mol. The molecular weight excluding hydrogens is 240 g/mol. The topological polar surface area (TPSA) is 72.9 Å². The van der Waals surface area contributed by atoms with E-state index >= 15 is 0 Å². The Morgan fingerprint density at radius 1 is 1.37 bits per heavy atom. The molecule has 5 nitrogen and oxygen atoms in total. The van der Waals surface area contributed by atoms with Gasteiger partial charge in [-0.25, -0.2) is 0 Å². The molecule has 1 saturated carbocycles. The van der Waals surface area contributed by atoms with Crippen LogP contribution in [0, 0.1) is 17.8 Å². The number of carbonyl (C=O) groups is 1. The highest BCUT2D eigenvalue weighted by molar-refractivity contribution is 5.95. The van der Waals surface area contributed by atoms with Gasteiger partial charge in [0.15, 0.2) is 0 Å². The molecule has 0 atom stereocenters. The average molecular weight is 264 g/mol. The first-order chi connectivity index (χ1) is 8.60. The molecular formula is C14H24N4O. The minimum atomic E-state index is -0.0880. The van der Waals surface area contributed by atoms with Crippen LogP contribution in [0.25, 0.3) is 0 Å². The molecule has 5 heteroatoms. The van der Waals surface area contributed by atoms with Crippen LogP contribution in [0.5, 0.6) is 0 Å². The zero-order valence-corrected chi connectivity index (χ0v) is 12.6. The Balaban J connectivity index is 2.18. The van der Waals surface area contributed by atoms with Crippen molar-refractivity contribution in [2.24, 2.45) is 23.6 Å². The smallest absolute Gasteiger partial charge is 0.255 e. The SMILES string of the molecule is Cc1c(C(=O)NC2C(C)(C)C(N)C2(C)C)cnn1C. The van der Waals surface area contributed by atoms with Gasteiger partial charge in [-0.1, -0.05) is 27.7 Å². The Morgan fingerprint density at radius 3 is 2.32 bits per heavy atom. The largest absolute Gasteiger partial charge is 0.348 e. The van der Waals surface area contributed by atoms with Crippen molar-refractivity contribution in [2.45, 2.75) is 46.7 Å². The molecule has 1 aromatic heterocycles. The summed E-state index contributed by atoms with van der Waals surface area (Å²) in [5.41, 5.74) is 7.53. The van der Waals surface area contributed by atoms with Gasteiger partial charge in [0.1, 0.15) is 0 Å². The molecule has 2 rings (SSSR count). The normalized spacial score (nSPS) is 27.7. The minimum Gasteiger partial charge on any atom is -0.348 e. The summed E-state index contributed by atoms with van der Waals surface area (Å²) in [6, 6.07) is 0.155. The van der Waals surface area contributed by atoms with Gasteiger partial charge >= 0.3 is 0 Å². The summed E-state index contributed by atoms with van der Waals surface area (Å²) in [5.74, 6) is -0.0661. The van der Waals surface area contributed by atoms with Gasteiger partial charge in [-0.2, -0.15) is 5.10 Å². The van der Waals surface area contributed by atoms with E-state index in [4.69, 9.17) is 5.73 Å². The second-order valence-electron chi connectivity index (χ2n) is 6.79. The number of rotatable bonds is 2. The van der Waals surface area contributed by atoms with Crippen molar-refractivity contribution >= 4 is 5.91 Å². The second-order valence-corrected chi connectivity index (χ2v) is 6.79. The highest BCUT2D eigenvalue weighted by atomic mass is 16.1. The van der Waals surface area contributed by atoms with Gasteiger partial charge in [0, 0.05) is 35.7 Å². The van der Waals surface area contributed by atoms with Crippen LogP contribution in [-0.4, -0.2) is 27.8 Å². The van der Waals surface area contributed by atoms with Crippen molar-refractivity contribution in [3.05, 3.63) is 17.5 Å². The summed E-state index contributed by atoms with van der Waals surface area (Å²) in [5, 5.41) is 7.23. The maximum absolute atomic E-state index is 12.4. The van der Waals surface area contributed by atoms with Crippen LogP contribution >= 0.6 is 0 Å². The molecule has 0 unspecified atom stereocenters. The summed E-state index contributed by atoms with van der Waals surface area (Å²) in [4.78, 5) is 12.4. The lowest BCUT2D eigenvalue weighted by molar-refractivity contribution is -0.0663. The molecule has 0 spiro atoms. The van der Waals surface area contributed by atoms with Gasteiger partial charge in [-0.05, 0) is 6.92 Å². The van der Waals surface area contributed by atoms with Crippen molar-refractivity contribution in [1.82, 2.24) is 15.1 Å². The summed E-state index contributed by atoms with van der Waals surface area (Å²) in [7, 11) is 1.83. The Hall–Kier alpha value is -1.36. The number of amides is 1. The molecule has 106 valence electrons. The second kappa shape index (κ2) is 4.07. The van der Waals surface area contributed by atoms with Gasteiger partial charge in [0.2, 0.25) is 0 Å². The Kier molecular flexibility index (Phi) is 3.01. The lowest BCUT2D eigenvalue weighted by atomic mass is 9.48. The van der Waals surface area contributed by atoms with Gasteiger partial charge in [-0.3, -0.25) is 9.48 Å². The molecule has 1 aliphatic rings. The van der Waals surface area contributed by atoms with Crippen molar-refractivity contribution in [3.8, 4) is 0 Å². The highest BCUT2D eigenvalue weighted by Gasteiger charge is 2.60. The molecule has 0 bridgehead atoms. The van der Waals surface area contributed by atoms with E-state index in [1.165, 1.54) is 0 Å². The monoisotopic (exact) mass is 264 g/mol. The molecule has 3 N–H and O–H groups in total. The zero-order chi connectivity index (χ0) is 14.6. The van der Waals surface area contributed by atoms with Crippen molar-refractivity contribution in [2.75, 3.05) is 0 Å². The third-order valence-corrected chi connectivity index (χ3v) is 4.85. The first kappa shape index (κ1) is 14.1. The van der Waals surface area contributed by atoms with Crippen LogP contribution in [0.3, 0.4) is 0 Å². The van der Waals surface area contributed by atoms with Gasteiger partial charge in [0.25, 0.3) is 5.91 Å². The van der Waals surface area contributed by atoms with Crippen LogP contribution in [-0.2, 0) is 7.05 Å². The summed E-state index contributed by atoms with van der Waals surface area (Å²) < 4.78 is 1.71. The van der Waals surface area contributed by atoms with Gasteiger partial charge in [-0.15, -0.1) is 0 Å². The molecule has 1 amide bonds. The molecule has 1 fully saturated rings. The number of aryl methyl sites for hydroxylation is 1. The van der Waals surface area contributed by atoms with E-state index in [0.29, 0.717) is 5.56 Å². The first-order valence-corrected chi connectivity index (χ1v) is 6.65. The third kappa shape index (κ3) is 1.87. The fourth-order valence-electron chi connectivity index (χ4n) is 3.48. The van der Waals surface area contributed by atoms with Crippen LogP contribution in [0.2, 0.25) is 0 Å². The van der Waals surface area contributed by atoms with E-state index < -0.39 is 0 Å². The molecule has 1 heterocycles. The van der Waals surface area contributed by atoms with Gasteiger partial charge in [0.05, 0.1) is 11.8 Å². The molecule has 0 saturated heterocycles. The Bertz CT molecular complexity index is 500. The molecule has 19 heavy (non-hydrogen) atoms. The number of aromatic nitrogens is 2. The number of nitrogens with one attached hydrogen (secondary N) is 1. The Labute approximate surface area is 114 Å². The van der Waals surface area contributed by atoms with Crippen LogP contribution < -0.4 is 11.1 Å². The van der Waals surface area contributed by atoms with E-state index in [-0.39, 0.29) is 28.8 Å². The van der Waals surface area contributed by atoms with Gasteiger partial charge < -0.3 is 11.1 Å². The number of carbonyl (C=O) groups excluding carboxylic acids is 1. The third-order valence-electron chi connectivity index (χ3n) is 4.85. The first-order valence-electron chi connectivity index (χ1n) is 6.65. The summed E-state index contributed by atoms with van der Waals surface area (Å²) >= 11 is 0. The number of hydrogen-bond donors (Lipinski definition) is 2. The van der Waals surface area contributed by atoms with Crippen molar-refractivity contribution in [3.63, 3.8) is 0 Å². The fraction of sp³-hybridized carbons (Fsp3) is 0.714. The minimum absolute atomic E-state index is 0.0661. The van der Waals surface area contributed by atoms with E-state index in [1.54, 1.807) is 10.9 Å². The zero-order valence-electron chi connectivity index (χ0n) is 12.6. The molecule has 0 radical (unpaired) electrons. The van der Waals surface area contributed by atoms with Crippen LogP contribution in [0.4, 0.5) is 0 Å². The number of hydrogen-bond acceptors (Lipinski definition) is 3. The standard InChI is InChI=1S/C14H24N4O/c1-8-9(7-16-18(8)6)10(19)17-12-13(2,3)11(15)14(12,4)5/h7,11-12H,15H2,1-6H3,(H,17,19). The quantitative estimate of drug-likeness (QED) is 0.843. The lowest BCUT2D eigenvalue weighted by Gasteiger charge is -2.62. The number of nitrogens with two attached hydrogens (primary N) is 1. The maximum Gasteiger partial charge on any atom is 0.255 e. The van der Waals surface area contributed by atoms with Crippen LogP contribution in [0.15, 0.2) is 6.20 Å². The average Bonchev–Trinajstić information content (AvgIpc) is 2.65. The van der Waals surface area contributed by atoms with E-state index in [1.807, 2.05) is 14.0 Å². The maximum atomic E-state index is 12.4. The van der Waals surface area contributed by atoms with E-state index in [2.05, 4.69) is 38.1 Å². The Morgan fingerprint density at radius 2 is 1.89 bits per heavy atom. The van der Waals surface area contributed by atoms with E-state index in [9.17, 15) is 4.79 Å². The van der Waals surface area contributed by atoms with Crippen molar-refractivity contribution < 1.29 is 4.79 Å². The summed E-state index contributed by atoms with van der Waals surface area (Å²) in [6.07, 6.45) is 1.61. The number of nitrogens with zero attached hydrogens (tertiary/aromatic N) is 2.